The van der Waals surface area contributed by atoms with Gasteiger partial charge in [-0.3, -0.25) is 0 Å². The topological polar surface area (TPSA) is 29.9 Å². The number of halogens is 1. The lowest BCUT2D eigenvalue weighted by Crippen LogP contribution is -2.14. The minimum absolute atomic E-state index is 0.808. The molecular weight excluding hydrogens is 326 g/mol. The number of hydrogen-bond donors (Lipinski definition) is 1. The number of nitrogens with zero attached hydrogens (tertiary/aromatic N) is 2. The first kappa shape index (κ1) is 14.0. The summed E-state index contributed by atoms with van der Waals surface area (Å²) in [5.41, 5.74) is 3.61. The maximum atomic E-state index is 4.31. The molecule has 4 heteroatoms. The molecule has 21 heavy (non-hydrogen) atoms. The summed E-state index contributed by atoms with van der Waals surface area (Å²) < 4.78 is 3.01. The molecule has 0 aliphatic carbocycles. The smallest absolute Gasteiger partial charge is 0.0690 e. The van der Waals surface area contributed by atoms with Crippen LogP contribution in [0.2, 0.25) is 0 Å². The molecule has 106 valence electrons. The Labute approximate surface area is 132 Å². The molecule has 3 nitrogen and oxygen atoms in total. The Bertz CT molecular complexity index is 708. The van der Waals surface area contributed by atoms with Gasteiger partial charge in [-0.15, -0.1) is 0 Å². The van der Waals surface area contributed by atoms with Crippen molar-refractivity contribution in [2.45, 2.75) is 13.1 Å². The van der Waals surface area contributed by atoms with Crippen LogP contribution < -0.4 is 5.32 Å². The van der Waals surface area contributed by atoms with E-state index in [2.05, 4.69) is 62.7 Å². The second-order valence-electron chi connectivity index (χ2n) is 4.81. The second kappa shape index (κ2) is 6.70. The Morgan fingerprint density at radius 2 is 1.90 bits per heavy atom. The number of aromatic nitrogens is 2. The van der Waals surface area contributed by atoms with Crippen molar-refractivity contribution in [2.75, 3.05) is 0 Å². The van der Waals surface area contributed by atoms with Gasteiger partial charge in [-0.05, 0) is 35.4 Å². The summed E-state index contributed by atoms with van der Waals surface area (Å²) in [5.74, 6) is 0. The van der Waals surface area contributed by atoms with Crippen molar-refractivity contribution in [1.82, 2.24) is 15.1 Å². The van der Waals surface area contributed by atoms with Gasteiger partial charge in [0.05, 0.1) is 5.69 Å². The van der Waals surface area contributed by atoms with Crippen LogP contribution in [-0.2, 0) is 13.1 Å². The summed E-state index contributed by atoms with van der Waals surface area (Å²) in [6.45, 7) is 1.65. The summed E-state index contributed by atoms with van der Waals surface area (Å²) in [6, 6.07) is 18.6. The normalized spacial score (nSPS) is 10.7. The van der Waals surface area contributed by atoms with E-state index in [1.54, 1.807) is 6.20 Å². The molecule has 0 saturated heterocycles. The predicted octanol–water partition coefficient (Wildman–Crippen LogP) is 3.92. The highest BCUT2D eigenvalue weighted by molar-refractivity contribution is 9.10. The van der Waals surface area contributed by atoms with Crippen LogP contribution in [0.1, 0.15) is 11.1 Å². The van der Waals surface area contributed by atoms with Crippen molar-refractivity contribution in [3.63, 3.8) is 0 Å². The Hall–Kier alpha value is -1.91. The number of para-hydroxylation sites is 1. The van der Waals surface area contributed by atoms with Gasteiger partial charge in [-0.25, -0.2) is 4.68 Å². The molecule has 0 spiro atoms. The minimum atomic E-state index is 0.808. The quantitative estimate of drug-likeness (QED) is 0.762. The van der Waals surface area contributed by atoms with E-state index in [-0.39, 0.29) is 0 Å². The van der Waals surface area contributed by atoms with Gasteiger partial charge in [0.2, 0.25) is 0 Å². The van der Waals surface area contributed by atoms with Crippen molar-refractivity contribution in [1.29, 1.82) is 0 Å². The van der Waals surface area contributed by atoms with Gasteiger partial charge in [0.15, 0.2) is 0 Å². The zero-order chi connectivity index (χ0) is 14.5. The Morgan fingerprint density at radius 1 is 1.00 bits per heavy atom. The van der Waals surface area contributed by atoms with Crippen molar-refractivity contribution in [3.05, 3.63) is 82.6 Å². The summed E-state index contributed by atoms with van der Waals surface area (Å²) in [4.78, 5) is 0. The highest BCUT2D eigenvalue weighted by atomic mass is 79.9. The molecule has 0 bridgehead atoms. The summed E-state index contributed by atoms with van der Waals surface area (Å²) in [6.07, 6.45) is 3.76. The van der Waals surface area contributed by atoms with Crippen LogP contribution in [0.25, 0.3) is 5.69 Å². The molecule has 3 aromatic rings. The van der Waals surface area contributed by atoms with Crippen LogP contribution in [0.5, 0.6) is 0 Å². The third-order valence-electron chi connectivity index (χ3n) is 3.28. The van der Waals surface area contributed by atoms with Crippen molar-refractivity contribution >= 4 is 15.9 Å². The Morgan fingerprint density at radius 3 is 2.71 bits per heavy atom. The maximum Gasteiger partial charge on any atom is 0.0690 e. The average Bonchev–Trinajstić information content (AvgIpc) is 3.02. The molecule has 1 N–H and O–H groups in total. The SMILES string of the molecule is Brc1cccc(CNCc2ccccc2-n2cccn2)c1. The largest absolute Gasteiger partial charge is 0.309 e. The zero-order valence-electron chi connectivity index (χ0n) is 11.5. The summed E-state index contributed by atoms with van der Waals surface area (Å²) in [7, 11) is 0. The molecule has 2 aromatic carbocycles. The first-order chi connectivity index (χ1) is 10.3. The highest BCUT2D eigenvalue weighted by Crippen LogP contribution is 2.14. The molecule has 0 unspecified atom stereocenters. The van der Waals surface area contributed by atoms with Gasteiger partial charge in [-0.2, -0.15) is 5.10 Å². The van der Waals surface area contributed by atoms with Crippen molar-refractivity contribution in [3.8, 4) is 5.69 Å². The van der Waals surface area contributed by atoms with Gasteiger partial charge < -0.3 is 5.32 Å². The second-order valence-corrected chi connectivity index (χ2v) is 5.73. The highest BCUT2D eigenvalue weighted by Gasteiger charge is 2.03. The summed E-state index contributed by atoms with van der Waals surface area (Å²) in [5, 5.41) is 7.79. The molecule has 1 aromatic heterocycles. The first-order valence-corrected chi connectivity index (χ1v) is 7.65. The average molecular weight is 342 g/mol. The molecular formula is C17H16BrN3. The fourth-order valence-corrected chi connectivity index (χ4v) is 2.73. The third kappa shape index (κ3) is 3.60. The van der Waals surface area contributed by atoms with E-state index in [1.165, 1.54) is 11.1 Å². The number of hydrogen-bond acceptors (Lipinski definition) is 2. The van der Waals surface area contributed by atoms with Gasteiger partial charge >= 0.3 is 0 Å². The number of benzene rings is 2. The van der Waals surface area contributed by atoms with Crippen LogP contribution in [0.15, 0.2) is 71.5 Å². The van der Waals surface area contributed by atoms with E-state index in [0.29, 0.717) is 0 Å². The third-order valence-corrected chi connectivity index (χ3v) is 3.77. The molecule has 0 aliphatic rings. The van der Waals surface area contributed by atoms with Gasteiger partial charge in [-0.1, -0.05) is 46.3 Å². The minimum Gasteiger partial charge on any atom is -0.309 e. The van der Waals surface area contributed by atoms with Crippen LogP contribution in [0.3, 0.4) is 0 Å². The molecule has 1 heterocycles. The van der Waals surface area contributed by atoms with Crippen LogP contribution >= 0.6 is 15.9 Å². The monoisotopic (exact) mass is 341 g/mol. The fourth-order valence-electron chi connectivity index (χ4n) is 2.28. The molecule has 0 amide bonds. The van der Waals surface area contributed by atoms with Crippen molar-refractivity contribution < 1.29 is 0 Å². The molecule has 0 radical (unpaired) electrons. The lowest BCUT2D eigenvalue weighted by molar-refractivity contribution is 0.686. The van der Waals surface area contributed by atoms with E-state index in [1.807, 2.05) is 29.1 Å². The molecule has 3 rings (SSSR count). The standard InChI is InChI=1S/C17H16BrN3/c18-16-7-3-5-14(11-16)12-19-13-15-6-1-2-8-17(15)21-10-4-9-20-21/h1-11,19H,12-13H2. The fraction of sp³-hybridized carbons (Fsp3) is 0.118. The van der Waals surface area contributed by atoms with Crippen LogP contribution in [0, 0.1) is 0 Å². The van der Waals surface area contributed by atoms with E-state index < -0.39 is 0 Å². The molecule has 0 aliphatic heterocycles. The van der Waals surface area contributed by atoms with E-state index in [0.717, 1.165) is 23.2 Å². The number of nitrogens with one attached hydrogen (secondary N) is 1. The van der Waals surface area contributed by atoms with Crippen molar-refractivity contribution in [2.24, 2.45) is 0 Å². The zero-order valence-corrected chi connectivity index (χ0v) is 13.1. The van der Waals surface area contributed by atoms with Gasteiger partial charge in [0, 0.05) is 30.0 Å². The first-order valence-electron chi connectivity index (χ1n) is 6.86. The predicted molar refractivity (Wildman–Crippen MR) is 88.2 cm³/mol. The molecule has 0 saturated carbocycles. The maximum absolute atomic E-state index is 4.31. The Kier molecular flexibility index (Phi) is 4.48. The molecule has 0 atom stereocenters. The summed E-state index contributed by atoms with van der Waals surface area (Å²) >= 11 is 3.50. The van der Waals surface area contributed by atoms with Crippen LogP contribution in [0.4, 0.5) is 0 Å². The van der Waals surface area contributed by atoms with E-state index >= 15 is 0 Å². The lowest BCUT2D eigenvalue weighted by Gasteiger charge is -2.11. The van der Waals surface area contributed by atoms with Gasteiger partial charge in [0.1, 0.15) is 0 Å². The van der Waals surface area contributed by atoms with Gasteiger partial charge in [0.25, 0.3) is 0 Å². The molecule has 0 fully saturated rings. The Balaban J connectivity index is 1.69. The van der Waals surface area contributed by atoms with E-state index in [9.17, 15) is 0 Å². The number of rotatable bonds is 5. The van der Waals surface area contributed by atoms with E-state index in [4.69, 9.17) is 0 Å². The lowest BCUT2D eigenvalue weighted by atomic mass is 10.1. The van der Waals surface area contributed by atoms with Crippen LogP contribution in [-0.4, -0.2) is 9.78 Å².